The molecule has 9 heteroatoms. The molecule has 0 amide bonds. The van der Waals surface area contributed by atoms with Crippen LogP contribution in [0, 0.1) is 23.5 Å². The minimum atomic E-state index is -4.69. The summed E-state index contributed by atoms with van der Waals surface area (Å²) in [4.78, 5) is 1.96. The quantitative estimate of drug-likeness (QED) is 0.316. The molecule has 2 aromatic rings. The van der Waals surface area contributed by atoms with Gasteiger partial charge in [0.05, 0.1) is 36.7 Å². The highest BCUT2D eigenvalue weighted by molar-refractivity contribution is 6.19. The third kappa shape index (κ3) is 6.20. The Hall–Kier alpha value is -2.18. The van der Waals surface area contributed by atoms with E-state index in [4.69, 9.17) is 21.1 Å². The van der Waals surface area contributed by atoms with Crippen LogP contribution in [0.15, 0.2) is 42.5 Å². The van der Waals surface area contributed by atoms with E-state index in [0.29, 0.717) is 24.7 Å². The second-order valence-corrected chi connectivity index (χ2v) is 7.51. The van der Waals surface area contributed by atoms with Crippen molar-refractivity contribution < 1.29 is 31.4 Å². The van der Waals surface area contributed by atoms with Gasteiger partial charge in [0.1, 0.15) is 11.6 Å². The van der Waals surface area contributed by atoms with Gasteiger partial charge in [0.25, 0.3) is 0 Å². The maximum Gasteiger partial charge on any atom is 0.416 e. The van der Waals surface area contributed by atoms with Gasteiger partial charge in [-0.25, -0.2) is 8.78 Å². The summed E-state index contributed by atoms with van der Waals surface area (Å²) in [6.45, 7) is 2.65. The Labute approximate surface area is 188 Å². The second kappa shape index (κ2) is 10.6. The number of halogens is 6. The van der Waals surface area contributed by atoms with Crippen LogP contribution in [0.25, 0.3) is 0 Å². The summed E-state index contributed by atoms with van der Waals surface area (Å²) in [5.41, 5.74) is -0.385. The molecule has 1 aliphatic rings. The van der Waals surface area contributed by atoms with Crippen LogP contribution in [-0.4, -0.2) is 36.8 Å². The standard InChI is InChI=1S/C23H21ClF5NO2/c1-15(17-12-18(23(27,28)29)14-20(26)13-17)32-22-21(16-4-6-19(25)7-5-16)30(10-11-31-22)9-3-2-8-24/h4-7,12-15,21-22H,8-11H2,1H3/t15-,21?,22?/m1/s1. The van der Waals surface area contributed by atoms with E-state index in [0.717, 1.165) is 12.1 Å². The second-order valence-electron chi connectivity index (χ2n) is 7.24. The smallest absolute Gasteiger partial charge is 0.349 e. The number of hydrogen-bond acceptors (Lipinski definition) is 3. The molecule has 3 nitrogen and oxygen atoms in total. The molecule has 2 aromatic carbocycles. The summed E-state index contributed by atoms with van der Waals surface area (Å²) < 4.78 is 78.3. The van der Waals surface area contributed by atoms with Crippen LogP contribution >= 0.6 is 11.6 Å². The van der Waals surface area contributed by atoms with E-state index in [1.165, 1.54) is 19.1 Å². The van der Waals surface area contributed by atoms with Gasteiger partial charge >= 0.3 is 6.18 Å². The Morgan fingerprint density at radius 1 is 1.12 bits per heavy atom. The average molecular weight is 474 g/mol. The first-order valence-electron chi connectivity index (χ1n) is 9.85. The lowest BCUT2D eigenvalue weighted by Gasteiger charge is -2.41. The molecule has 172 valence electrons. The molecule has 0 saturated carbocycles. The summed E-state index contributed by atoms with van der Waals surface area (Å²) in [5.74, 6) is 4.45. The zero-order valence-corrected chi connectivity index (χ0v) is 17.9. The fourth-order valence-corrected chi connectivity index (χ4v) is 3.60. The highest BCUT2D eigenvalue weighted by Crippen LogP contribution is 2.36. The highest BCUT2D eigenvalue weighted by Gasteiger charge is 2.36. The Kier molecular flexibility index (Phi) is 8.12. The molecule has 0 radical (unpaired) electrons. The molecule has 0 spiro atoms. The predicted octanol–water partition coefficient (Wildman–Crippen LogP) is 5.70. The maximum absolute atomic E-state index is 13.9. The van der Waals surface area contributed by atoms with Gasteiger partial charge in [-0.15, -0.1) is 11.6 Å². The molecule has 1 aliphatic heterocycles. The summed E-state index contributed by atoms with van der Waals surface area (Å²) in [5, 5.41) is 0. The van der Waals surface area contributed by atoms with Crippen LogP contribution in [0.2, 0.25) is 0 Å². The van der Waals surface area contributed by atoms with Gasteiger partial charge in [-0.1, -0.05) is 24.0 Å². The molecule has 0 N–H and O–H groups in total. The normalized spacial score (nSPS) is 20.5. The molecule has 1 heterocycles. The number of ether oxygens (including phenoxy) is 2. The average Bonchev–Trinajstić information content (AvgIpc) is 2.74. The Morgan fingerprint density at radius 3 is 2.50 bits per heavy atom. The van der Waals surface area contributed by atoms with Crippen LogP contribution in [0.3, 0.4) is 0 Å². The first-order chi connectivity index (χ1) is 15.2. The van der Waals surface area contributed by atoms with Crippen molar-refractivity contribution in [3.05, 3.63) is 70.8 Å². The monoisotopic (exact) mass is 473 g/mol. The van der Waals surface area contributed by atoms with Gasteiger partial charge in [0, 0.05) is 6.54 Å². The third-order valence-electron chi connectivity index (χ3n) is 5.05. The first-order valence-corrected chi connectivity index (χ1v) is 10.4. The lowest BCUT2D eigenvalue weighted by atomic mass is 10.0. The van der Waals surface area contributed by atoms with Crippen molar-refractivity contribution in [2.24, 2.45) is 0 Å². The predicted molar refractivity (Wildman–Crippen MR) is 110 cm³/mol. The number of morpholine rings is 1. The molecular formula is C23H21ClF5NO2. The molecule has 1 saturated heterocycles. The van der Waals surface area contributed by atoms with Gasteiger partial charge in [-0.2, -0.15) is 13.2 Å². The zero-order valence-electron chi connectivity index (χ0n) is 17.1. The summed E-state index contributed by atoms with van der Waals surface area (Å²) >= 11 is 5.62. The van der Waals surface area contributed by atoms with Gasteiger partial charge in [-0.05, 0) is 48.4 Å². The Balaban J connectivity index is 1.88. The van der Waals surface area contributed by atoms with E-state index in [9.17, 15) is 22.0 Å². The number of alkyl halides is 4. The Morgan fingerprint density at radius 2 is 1.84 bits per heavy atom. The van der Waals surface area contributed by atoms with Gasteiger partial charge in [0.2, 0.25) is 0 Å². The van der Waals surface area contributed by atoms with E-state index < -0.39 is 41.8 Å². The van der Waals surface area contributed by atoms with Crippen molar-refractivity contribution in [2.75, 3.05) is 25.6 Å². The van der Waals surface area contributed by atoms with Crippen LogP contribution in [0.1, 0.15) is 35.8 Å². The van der Waals surface area contributed by atoms with Crippen molar-refractivity contribution in [3.8, 4) is 11.8 Å². The van der Waals surface area contributed by atoms with Gasteiger partial charge in [0.15, 0.2) is 6.29 Å². The van der Waals surface area contributed by atoms with Crippen LogP contribution in [0.4, 0.5) is 22.0 Å². The minimum Gasteiger partial charge on any atom is -0.349 e. The molecule has 0 aromatic heterocycles. The van der Waals surface area contributed by atoms with Crippen LogP contribution in [0.5, 0.6) is 0 Å². The van der Waals surface area contributed by atoms with E-state index in [2.05, 4.69) is 11.8 Å². The largest absolute Gasteiger partial charge is 0.416 e. The Bertz CT molecular complexity index is 971. The first kappa shape index (κ1) is 24.5. The van der Waals surface area contributed by atoms with Crippen molar-refractivity contribution in [3.63, 3.8) is 0 Å². The van der Waals surface area contributed by atoms with E-state index in [1.807, 2.05) is 4.90 Å². The van der Waals surface area contributed by atoms with E-state index in [1.54, 1.807) is 12.1 Å². The van der Waals surface area contributed by atoms with Crippen molar-refractivity contribution >= 4 is 11.6 Å². The van der Waals surface area contributed by atoms with Gasteiger partial charge in [-0.3, -0.25) is 4.90 Å². The van der Waals surface area contributed by atoms with Crippen molar-refractivity contribution in [1.82, 2.24) is 4.90 Å². The molecule has 3 atom stereocenters. The molecule has 3 rings (SSSR count). The summed E-state index contributed by atoms with van der Waals surface area (Å²) in [6, 6.07) is 7.55. The van der Waals surface area contributed by atoms with E-state index in [-0.39, 0.29) is 18.1 Å². The fourth-order valence-electron chi connectivity index (χ4n) is 3.50. The van der Waals surface area contributed by atoms with Crippen LogP contribution in [-0.2, 0) is 15.7 Å². The minimum absolute atomic E-state index is 0.0258. The molecular weight excluding hydrogens is 453 g/mol. The maximum atomic E-state index is 13.9. The topological polar surface area (TPSA) is 21.7 Å². The molecule has 0 bridgehead atoms. The lowest BCUT2D eigenvalue weighted by molar-refractivity contribution is -0.228. The third-order valence-corrected chi connectivity index (χ3v) is 5.19. The summed E-state index contributed by atoms with van der Waals surface area (Å²) in [6.07, 6.45) is -6.50. The van der Waals surface area contributed by atoms with Crippen molar-refractivity contribution in [1.29, 1.82) is 0 Å². The molecule has 2 unspecified atom stereocenters. The van der Waals surface area contributed by atoms with E-state index >= 15 is 0 Å². The van der Waals surface area contributed by atoms with Crippen LogP contribution < -0.4 is 0 Å². The number of benzene rings is 2. The fraction of sp³-hybridized carbons (Fsp3) is 0.391. The van der Waals surface area contributed by atoms with Gasteiger partial charge < -0.3 is 9.47 Å². The number of hydrogen-bond donors (Lipinski definition) is 0. The zero-order chi connectivity index (χ0) is 23.3. The number of nitrogens with zero attached hydrogens (tertiary/aromatic N) is 1. The molecule has 0 aliphatic carbocycles. The summed E-state index contributed by atoms with van der Waals surface area (Å²) in [7, 11) is 0. The van der Waals surface area contributed by atoms with Crippen molar-refractivity contribution in [2.45, 2.75) is 31.5 Å². The highest BCUT2D eigenvalue weighted by atomic mass is 35.5. The molecule has 32 heavy (non-hydrogen) atoms. The molecule has 1 fully saturated rings. The SMILES string of the molecule is C[C@@H](OC1OCCN(CC#CCCl)C1c1ccc(F)cc1)c1cc(F)cc(C(F)(F)F)c1. The lowest BCUT2D eigenvalue weighted by Crippen LogP contribution is -2.46. The number of rotatable bonds is 5.